The van der Waals surface area contributed by atoms with Gasteiger partial charge in [-0.1, -0.05) is 12.1 Å². The number of rotatable bonds is 2. The lowest BCUT2D eigenvalue weighted by Crippen LogP contribution is -2.13. The Bertz CT molecular complexity index is 648. The van der Waals surface area contributed by atoms with Crippen molar-refractivity contribution in [2.75, 3.05) is 5.73 Å². The van der Waals surface area contributed by atoms with Crippen LogP contribution in [0.1, 0.15) is 15.9 Å². The first-order valence-corrected chi connectivity index (χ1v) is 5.66. The third-order valence-electron chi connectivity index (χ3n) is 2.83. The second-order valence-corrected chi connectivity index (χ2v) is 4.24. The van der Waals surface area contributed by atoms with Crippen molar-refractivity contribution < 1.29 is 18.0 Å². The van der Waals surface area contributed by atoms with E-state index in [1.165, 1.54) is 24.3 Å². The number of carbonyl (C=O) groups is 1. The molecule has 2 rings (SSSR count). The van der Waals surface area contributed by atoms with Crippen LogP contribution in [0.25, 0.3) is 11.1 Å². The molecule has 0 bridgehead atoms. The van der Waals surface area contributed by atoms with Gasteiger partial charge in [0.05, 0.1) is 5.56 Å². The summed E-state index contributed by atoms with van der Waals surface area (Å²) in [5.41, 5.74) is 10.5. The molecule has 0 spiro atoms. The van der Waals surface area contributed by atoms with Gasteiger partial charge in [0, 0.05) is 11.3 Å². The number of hydrogen-bond donors (Lipinski definition) is 2. The maximum absolute atomic E-state index is 13.0. The molecule has 3 nitrogen and oxygen atoms in total. The van der Waals surface area contributed by atoms with Gasteiger partial charge in [0.1, 0.15) is 0 Å². The van der Waals surface area contributed by atoms with Crippen molar-refractivity contribution in [2.45, 2.75) is 6.18 Å². The Morgan fingerprint density at radius 1 is 1.00 bits per heavy atom. The lowest BCUT2D eigenvalue weighted by atomic mass is 9.96. The van der Waals surface area contributed by atoms with E-state index in [9.17, 15) is 18.0 Å². The molecule has 0 radical (unpaired) electrons. The van der Waals surface area contributed by atoms with Crippen LogP contribution in [0.3, 0.4) is 0 Å². The minimum absolute atomic E-state index is 0.0184. The number of benzene rings is 2. The van der Waals surface area contributed by atoms with Gasteiger partial charge >= 0.3 is 6.18 Å². The van der Waals surface area contributed by atoms with Crippen LogP contribution in [0.2, 0.25) is 0 Å². The van der Waals surface area contributed by atoms with Gasteiger partial charge in [-0.15, -0.1) is 0 Å². The maximum atomic E-state index is 13.0. The average molecular weight is 280 g/mol. The monoisotopic (exact) mass is 280 g/mol. The average Bonchev–Trinajstić information content (AvgIpc) is 2.37. The van der Waals surface area contributed by atoms with E-state index < -0.39 is 17.6 Å². The molecule has 0 fully saturated rings. The van der Waals surface area contributed by atoms with Crippen LogP contribution in [0.15, 0.2) is 42.5 Å². The van der Waals surface area contributed by atoms with Gasteiger partial charge in [-0.3, -0.25) is 4.79 Å². The van der Waals surface area contributed by atoms with Crippen LogP contribution in [-0.2, 0) is 6.18 Å². The van der Waals surface area contributed by atoms with Crippen LogP contribution >= 0.6 is 0 Å². The molecule has 20 heavy (non-hydrogen) atoms. The first-order chi connectivity index (χ1) is 9.29. The van der Waals surface area contributed by atoms with Crippen LogP contribution in [0, 0.1) is 0 Å². The molecule has 0 aliphatic rings. The summed E-state index contributed by atoms with van der Waals surface area (Å²) in [5, 5.41) is 0. The van der Waals surface area contributed by atoms with Crippen LogP contribution in [0.5, 0.6) is 0 Å². The Balaban J connectivity index is 2.66. The van der Waals surface area contributed by atoms with E-state index in [-0.39, 0.29) is 11.1 Å². The number of halogens is 3. The zero-order valence-corrected chi connectivity index (χ0v) is 10.2. The number of carbonyl (C=O) groups excluding carboxylic acids is 1. The van der Waals surface area contributed by atoms with Crippen molar-refractivity contribution in [3.05, 3.63) is 53.6 Å². The highest BCUT2D eigenvalue weighted by Crippen LogP contribution is 2.37. The first-order valence-electron chi connectivity index (χ1n) is 5.66. The van der Waals surface area contributed by atoms with Gasteiger partial charge in [-0.25, -0.2) is 0 Å². The molecule has 0 atom stereocenters. The fourth-order valence-electron chi connectivity index (χ4n) is 1.85. The molecule has 0 aromatic heterocycles. The van der Waals surface area contributed by atoms with E-state index in [0.717, 1.165) is 18.2 Å². The number of anilines is 1. The fourth-order valence-corrected chi connectivity index (χ4v) is 1.85. The van der Waals surface area contributed by atoms with E-state index >= 15 is 0 Å². The van der Waals surface area contributed by atoms with Crippen molar-refractivity contribution in [3.63, 3.8) is 0 Å². The van der Waals surface area contributed by atoms with E-state index in [4.69, 9.17) is 11.5 Å². The summed E-state index contributed by atoms with van der Waals surface area (Å²) in [6.45, 7) is 0. The molecule has 0 saturated heterocycles. The quantitative estimate of drug-likeness (QED) is 0.830. The van der Waals surface area contributed by atoms with Gasteiger partial charge in [0.15, 0.2) is 0 Å². The third kappa shape index (κ3) is 2.74. The number of alkyl halides is 3. The summed E-state index contributed by atoms with van der Waals surface area (Å²) < 4.78 is 39.0. The SMILES string of the molecule is NC(=O)c1ccc(C(F)(F)F)c(-c2ccc(N)cc2)c1. The van der Waals surface area contributed by atoms with Gasteiger partial charge in [0.25, 0.3) is 0 Å². The van der Waals surface area contributed by atoms with Gasteiger partial charge in [-0.2, -0.15) is 13.2 Å². The minimum atomic E-state index is -4.52. The Labute approximate surface area is 113 Å². The molecule has 0 aliphatic carbocycles. The molecule has 104 valence electrons. The van der Waals surface area contributed by atoms with Crippen molar-refractivity contribution >= 4 is 11.6 Å². The van der Waals surface area contributed by atoms with Crippen molar-refractivity contribution in [3.8, 4) is 11.1 Å². The minimum Gasteiger partial charge on any atom is -0.399 e. The second-order valence-electron chi connectivity index (χ2n) is 4.24. The lowest BCUT2D eigenvalue weighted by Gasteiger charge is -2.14. The summed E-state index contributed by atoms with van der Waals surface area (Å²) in [5.74, 6) is -0.782. The normalized spacial score (nSPS) is 11.3. The Hall–Kier alpha value is -2.50. The zero-order chi connectivity index (χ0) is 14.9. The summed E-state index contributed by atoms with van der Waals surface area (Å²) in [4.78, 5) is 11.1. The van der Waals surface area contributed by atoms with Crippen LogP contribution in [-0.4, -0.2) is 5.91 Å². The molecule has 4 N–H and O–H groups in total. The number of primary amides is 1. The molecule has 6 heteroatoms. The standard InChI is InChI=1S/C14H11F3N2O/c15-14(16,17)12-6-3-9(13(19)20)7-11(12)8-1-4-10(18)5-2-8/h1-7H,18H2,(H2,19,20). The molecule has 2 aromatic carbocycles. The number of nitrogens with two attached hydrogens (primary N) is 2. The Morgan fingerprint density at radius 3 is 2.10 bits per heavy atom. The van der Waals surface area contributed by atoms with E-state index in [1.807, 2.05) is 0 Å². The zero-order valence-electron chi connectivity index (χ0n) is 10.2. The van der Waals surface area contributed by atoms with Gasteiger partial charge in [-0.05, 0) is 41.5 Å². The summed E-state index contributed by atoms with van der Waals surface area (Å²) in [6.07, 6.45) is -4.52. The molecule has 0 aliphatic heterocycles. The molecule has 0 unspecified atom stereocenters. The van der Waals surface area contributed by atoms with E-state index in [2.05, 4.69) is 0 Å². The molecular formula is C14H11F3N2O. The van der Waals surface area contributed by atoms with Crippen LogP contribution in [0.4, 0.5) is 18.9 Å². The first kappa shape index (κ1) is 13.9. The number of hydrogen-bond acceptors (Lipinski definition) is 2. The van der Waals surface area contributed by atoms with Gasteiger partial charge in [0.2, 0.25) is 5.91 Å². The smallest absolute Gasteiger partial charge is 0.399 e. The Morgan fingerprint density at radius 2 is 1.60 bits per heavy atom. The van der Waals surface area contributed by atoms with Crippen molar-refractivity contribution in [1.29, 1.82) is 0 Å². The molecule has 0 heterocycles. The van der Waals surface area contributed by atoms with Crippen molar-refractivity contribution in [2.24, 2.45) is 5.73 Å². The summed E-state index contributed by atoms with van der Waals surface area (Å²) >= 11 is 0. The molecular weight excluding hydrogens is 269 g/mol. The predicted octanol–water partition coefficient (Wildman–Crippen LogP) is 3.05. The number of amides is 1. The largest absolute Gasteiger partial charge is 0.417 e. The second kappa shape index (κ2) is 4.88. The highest BCUT2D eigenvalue weighted by atomic mass is 19.4. The topological polar surface area (TPSA) is 69.1 Å². The Kier molecular flexibility index (Phi) is 3.40. The van der Waals surface area contributed by atoms with Crippen LogP contribution < -0.4 is 11.5 Å². The third-order valence-corrected chi connectivity index (χ3v) is 2.83. The fraction of sp³-hybridized carbons (Fsp3) is 0.0714. The van der Waals surface area contributed by atoms with E-state index in [1.54, 1.807) is 0 Å². The highest BCUT2D eigenvalue weighted by Gasteiger charge is 2.33. The summed E-state index contributed by atoms with van der Waals surface area (Å²) in [6, 6.07) is 8.96. The number of nitrogen functional groups attached to an aromatic ring is 1. The van der Waals surface area contributed by atoms with Crippen molar-refractivity contribution in [1.82, 2.24) is 0 Å². The molecule has 1 amide bonds. The van der Waals surface area contributed by atoms with E-state index in [0.29, 0.717) is 11.3 Å². The maximum Gasteiger partial charge on any atom is 0.417 e. The molecule has 2 aromatic rings. The lowest BCUT2D eigenvalue weighted by molar-refractivity contribution is -0.137. The molecule has 0 saturated carbocycles. The van der Waals surface area contributed by atoms with Gasteiger partial charge < -0.3 is 11.5 Å². The highest BCUT2D eigenvalue weighted by molar-refractivity contribution is 5.94. The predicted molar refractivity (Wildman–Crippen MR) is 69.8 cm³/mol. The summed E-state index contributed by atoms with van der Waals surface area (Å²) in [7, 11) is 0.